The minimum Gasteiger partial charge on any atom is -0.485 e. The minimum absolute atomic E-state index is 0.0906. The molecule has 1 fully saturated rings. The van der Waals surface area contributed by atoms with E-state index in [0.29, 0.717) is 0 Å². The van der Waals surface area contributed by atoms with Crippen LogP contribution in [0.2, 0.25) is 0 Å². The van der Waals surface area contributed by atoms with E-state index in [1.54, 1.807) is 42.0 Å². The summed E-state index contributed by atoms with van der Waals surface area (Å²) >= 11 is 0. The van der Waals surface area contributed by atoms with Gasteiger partial charge in [-0.25, -0.2) is 9.59 Å². The molecule has 5 amide bonds. The van der Waals surface area contributed by atoms with Crippen molar-refractivity contribution in [1.29, 1.82) is 0 Å². The summed E-state index contributed by atoms with van der Waals surface area (Å²) in [5, 5.41) is 18.1. The lowest BCUT2D eigenvalue weighted by Crippen LogP contribution is -2.52. The van der Waals surface area contributed by atoms with Crippen molar-refractivity contribution < 1.29 is 37.4 Å². The molecule has 2 aromatic carbocycles. The number of rotatable bonds is 7. The van der Waals surface area contributed by atoms with Gasteiger partial charge in [0.15, 0.2) is 5.75 Å². The molecule has 4 rings (SSSR count). The van der Waals surface area contributed by atoms with E-state index in [4.69, 9.17) is 4.74 Å². The summed E-state index contributed by atoms with van der Waals surface area (Å²) in [6, 6.07) is 7.28. The molecule has 3 atom stereocenters. The van der Waals surface area contributed by atoms with Crippen molar-refractivity contribution >= 4 is 29.3 Å². The van der Waals surface area contributed by atoms with E-state index in [0.717, 1.165) is 56.4 Å². The molecular formula is C31H40F3N5O5. The number of aliphatic hydroxyl groups is 1. The third-order valence-corrected chi connectivity index (χ3v) is 8.14. The Hall–Kier alpha value is -4.00. The summed E-state index contributed by atoms with van der Waals surface area (Å²) in [7, 11) is 1.68. The molecule has 13 heteroatoms. The summed E-state index contributed by atoms with van der Waals surface area (Å²) in [5.74, 6) is -0.588. The van der Waals surface area contributed by atoms with Crippen LogP contribution in [-0.2, 0) is 6.18 Å². The predicted molar refractivity (Wildman–Crippen MR) is 160 cm³/mol. The number of benzene rings is 2. The second-order valence-corrected chi connectivity index (χ2v) is 11.6. The van der Waals surface area contributed by atoms with Crippen LogP contribution in [0.4, 0.5) is 34.1 Å². The SMILES string of the molecule is C[C@H](CO)N1C[C@H](C)[C@H](CN(C)C(=O)NC2CCCCC2)Oc2c(NC(=O)Nc3ccc(C(F)(F)F)cc3)cccc2C1=O. The quantitative estimate of drug-likeness (QED) is 0.324. The van der Waals surface area contributed by atoms with Crippen LogP contribution < -0.4 is 20.7 Å². The van der Waals surface area contributed by atoms with Crippen LogP contribution in [-0.4, -0.2) is 77.8 Å². The van der Waals surface area contributed by atoms with Gasteiger partial charge < -0.3 is 35.6 Å². The third kappa shape index (κ3) is 8.13. The van der Waals surface area contributed by atoms with Gasteiger partial charge in [0, 0.05) is 31.2 Å². The number of aliphatic hydroxyl groups excluding tert-OH is 1. The van der Waals surface area contributed by atoms with E-state index in [1.807, 2.05) is 6.92 Å². The van der Waals surface area contributed by atoms with Gasteiger partial charge in [0.1, 0.15) is 6.10 Å². The first kappa shape index (κ1) is 32.9. The van der Waals surface area contributed by atoms with Gasteiger partial charge in [-0.1, -0.05) is 32.3 Å². The van der Waals surface area contributed by atoms with Crippen molar-refractivity contribution in [2.75, 3.05) is 37.4 Å². The van der Waals surface area contributed by atoms with Crippen molar-refractivity contribution in [3.05, 3.63) is 53.6 Å². The highest BCUT2D eigenvalue weighted by Gasteiger charge is 2.35. The summed E-state index contributed by atoms with van der Waals surface area (Å²) < 4.78 is 45.2. The molecule has 0 bridgehead atoms. The van der Waals surface area contributed by atoms with Gasteiger partial charge in [0.25, 0.3) is 5.91 Å². The number of carbonyl (C=O) groups excluding carboxylic acids is 3. The van der Waals surface area contributed by atoms with E-state index >= 15 is 0 Å². The number of hydrogen-bond acceptors (Lipinski definition) is 5. The van der Waals surface area contributed by atoms with Crippen molar-refractivity contribution in [3.8, 4) is 5.75 Å². The molecule has 240 valence electrons. The first-order chi connectivity index (χ1) is 20.9. The monoisotopic (exact) mass is 619 g/mol. The number of fused-ring (bicyclic) bond motifs is 1. The number of nitrogens with zero attached hydrogens (tertiary/aromatic N) is 2. The molecule has 1 heterocycles. The molecule has 2 aliphatic rings. The van der Waals surface area contributed by atoms with E-state index in [-0.39, 0.29) is 60.4 Å². The van der Waals surface area contributed by atoms with Crippen LogP contribution in [0.15, 0.2) is 42.5 Å². The molecule has 2 aromatic rings. The Morgan fingerprint density at radius 3 is 2.41 bits per heavy atom. The molecule has 0 unspecified atom stereocenters. The molecule has 1 aliphatic heterocycles. The van der Waals surface area contributed by atoms with Crippen LogP contribution in [0.1, 0.15) is 61.9 Å². The second kappa shape index (κ2) is 14.2. The Balaban J connectivity index is 1.57. The Labute approximate surface area is 254 Å². The lowest BCUT2D eigenvalue weighted by molar-refractivity contribution is -0.137. The molecule has 0 spiro atoms. The Bertz CT molecular complexity index is 1320. The number of halogens is 3. The summed E-state index contributed by atoms with van der Waals surface area (Å²) in [4.78, 5) is 42.7. The highest BCUT2D eigenvalue weighted by Crippen LogP contribution is 2.35. The molecule has 1 saturated carbocycles. The maximum atomic E-state index is 13.7. The number of para-hydroxylation sites is 1. The van der Waals surface area contributed by atoms with E-state index in [2.05, 4.69) is 16.0 Å². The summed E-state index contributed by atoms with van der Waals surface area (Å²) in [5.41, 5.74) is -0.403. The zero-order chi connectivity index (χ0) is 32.0. The Kier molecular flexibility index (Phi) is 10.6. The van der Waals surface area contributed by atoms with Crippen molar-refractivity contribution in [3.63, 3.8) is 0 Å². The molecule has 4 N–H and O–H groups in total. The molecular weight excluding hydrogens is 579 g/mol. The molecule has 1 aliphatic carbocycles. The van der Waals surface area contributed by atoms with Gasteiger partial charge >= 0.3 is 18.2 Å². The summed E-state index contributed by atoms with van der Waals surface area (Å²) in [6.07, 6.45) is 0.0664. The van der Waals surface area contributed by atoms with Gasteiger partial charge in [-0.15, -0.1) is 0 Å². The predicted octanol–water partition coefficient (Wildman–Crippen LogP) is 5.54. The van der Waals surface area contributed by atoms with E-state index in [9.17, 15) is 32.7 Å². The van der Waals surface area contributed by atoms with Crippen molar-refractivity contribution in [1.82, 2.24) is 15.1 Å². The van der Waals surface area contributed by atoms with Gasteiger partial charge in [-0.2, -0.15) is 13.2 Å². The van der Waals surface area contributed by atoms with Crippen LogP contribution in [0.25, 0.3) is 0 Å². The normalized spacial score (nSPS) is 20.0. The molecule has 0 saturated heterocycles. The number of alkyl halides is 3. The first-order valence-electron chi connectivity index (χ1n) is 14.9. The number of ether oxygens (including phenoxy) is 1. The molecule has 0 radical (unpaired) electrons. The van der Waals surface area contributed by atoms with Crippen LogP contribution in [0.3, 0.4) is 0 Å². The van der Waals surface area contributed by atoms with Gasteiger partial charge in [-0.3, -0.25) is 4.79 Å². The van der Waals surface area contributed by atoms with Gasteiger partial charge in [-0.05, 0) is 56.2 Å². The van der Waals surface area contributed by atoms with Gasteiger partial charge in [0.2, 0.25) is 0 Å². The fraction of sp³-hybridized carbons (Fsp3) is 0.516. The van der Waals surface area contributed by atoms with Crippen LogP contribution >= 0.6 is 0 Å². The number of likely N-dealkylation sites (N-methyl/N-ethyl adjacent to an activating group) is 1. The van der Waals surface area contributed by atoms with Crippen molar-refractivity contribution in [2.45, 2.75) is 70.3 Å². The molecule has 0 aromatic heterocycles. The number of carbonyl (C=O) groups is 3. The highest BCUT2D eigenvalue weighted by atomic mass is 19.4. The molecule has 10 nitrogen and oxygen atoms in total. The third-order valence-electron chi connectivity index (χ3n) is 8.14. The van der Waals surface area contributed by atoms with Gasteiger partial charge in [0.05, 0.1) is 36.0 Å². The number of anilines is 2. The number of amides is 5. The minimum atomic E-state index is -4.51. The molecule has 44 heavy (non-hydrogen) atoms. The standard InChI is InChI=1S/C31H40F3N5O5/c1-19-16-39(20(2)18-40)28(41)24-10-7-11-25(37-29(42)35-23-14-12-21(13-15-23)31(32,33)34)27(24)44-26(19)17-38(3)30(43)36-22-8-5-4-6-9-22/h7,10-15,19-20,22,26,40H,4-6,8-9,16-18H2,1-3H3,(H,36,43)(H2,35,37,42)/t19-,20+,26-/m0/s1. The number of urea groups is 2. The largest absolute Gasteiger partial charge is 0.485 e. The lowest BCUT2D eigenvalue weighted by Gasteiger charge is -2.38. The second-order valence-electron chi connectivity index (χ2n) is 11.6. The van der Waals surface area contributed by atoms with Crippen LogP contribution in [0.5, 0.6) is 5.75 Å². The smallest absolute Gasteiger partial charge is 0.416 e. The maximum Gasteiger partial charge on any atom is 0.416 e. The average Bonchev–Trinajstić information content (AvgIpc) is 2.99. The Morgan fingerprint density at radius 1 is 1.09 bits per heavy atom. The summed E-state index contributed by atoms with van der Waals surface area (Å²) in [6.45, 7) is 3.79. The first-order valence-corrected chi connectivity index (χ1v) is 14.9. The lowest BCUT2D eigenvalue weighted by atomic mass is 9.96. The average molecular weight is 620 g/mol. The van der Waals surface area contributed by atoms with Crippen LogP contribution in [0, 0.1) is 5.92 Å². The van der Waals surface area contributed by atoms with Crippen molar-refractivity contribution in [2.24, 2.45) is 5.92 Å². The number of nitrogens with one attached hydrogen (secondary N) is 3. The maximum absolute atomic E-state index is 13.7. The zero-order valence-electron chi connectivity index (χ0n) is 25.1. The number of hydrogen-bond donors (Lipinski definition) is 4. The topological polar surface area (TPSA) is 123 Å². The fourth-order valence-corrected chi connectivity index (χ4v) is 5.47. The van der Waals surface area contributed by atoms with E-state index in [1.165, 1.54) is 0 Å². The van der Waals surface area contributed by atoms with E-state index < -0.39 is 35.8 Å². The fourth-order valence-electron chi connectivity index (χ4n) is 5.47. The zero-order valence-corrected chi connectivity index (χ0v) is 25.1. The highest BCUT2D eigenvalue weighted by molar-refractivity contribution is 6.04. The Morgan fingerprint density at radius 2 is 1.77 bits per heavy atom.